The first-order chi connectivity index (χ1) is 7.87. The minimum Gasteiger partial charge on any atom is -0.493 e. The molecule has 0 N–H and O–H groups in total. The first-order valence-corrected chi connectivity index (χ1v) is 7.29. The van der Waals surface area contributed by atoms with E-state index in [1.54, 1.807) is 24.3 Å². The van der Waals surface area contributed by atoms with Crippen LogP contribution in [0.25, 0.3) is 0 Å². The highest BCUT2D eigenvalue weighted by molar-refractivity contribution is 7.85. The van der Waals surface area contributed by atoms with Crippen LogP contribution < -0.4 is 4.74 Å². The molecule has 0 unspecified atom stereocenters. The third-order valence-corrected chi connectivity index (χ3v) is 2.73. The Hall–Kier alpha value is -0.780. The fourth-order valence-corrected chi connectivity index (χ4v) is 1.66. The Morgan fingerprint density at radius 3 is 2.35 bits per heavy atom. The van der Waals surface area contributed by atoms with Gasteiger partial charge in [-0.25, -0.2) is 0 Å². The molecule has 1 aromatic rings. The van der Waals surface area contributed by atoms with Crippen molar-refractivity contribution in [3.05, 3.63) is 29.3 Å². The third kappa shape index (κ3) is 6.51. The lowest BCUT2D eigenvalue weighted by atomic mass is 10.2. The van der Waals surface area contributed by atoms with Gasteiger partial charge in [-0.3, -0.25) is 4.18 Å². The second-order valence-corrected chi connectivity index (χ2v) is 5.94. The molecule has 0 aromatic heterocycles. The predicted molar refractivity (Wildman–Crippen MR) is 66.9 cm³/mol. The standard InChI is InChI=1S/C11H15ClO4S/c1-9(8-16-17(2,13)14)7-15-11-5-3-10(12)4-6-11/h3-6,9H,7-8H2,1-2H3/t9-/m0/s1. The van der Waals surface area contributed by atoms with E-state index in [0.29, 0.717) is 17.4 Å². The lowest BCUT2D eigenvalue weighted by Gasteiger charge is -2.12. The van der Waals surface area contributed by atoms with Gasteiger partial charge in [0.05, 0.1) is 19.5 Å². The molecule has 0 saturated carbocycles. The number of halogens is 1. The Morgan fingerprint density at radius 1 is 1.24 bits per heavy atom. The van der Waals surface area contributed by atoms with Crippen LogP contribution in [0.5, 0.6) is 5.75 Å². The van der Waals surface area contributed by atoms with Crippen molar-refractivity contribution in [2.24, 2.45) is 5.92 Å². The SMILES string of the molecule is C[C@@H](COc1ccc(Cl)cc1)COS(C)(=O)=O. The molecule has 1 aromatic carbocycles. The second kappa shape index (κ2) is 6.23. The van der Waals surface area contributed by atoms with Crippen molar-refractivity contribution in [2.75, 3.05) is 19.5 Å². The van der Waals surface area contributed by atoms with E-state index in [1.807, 2.05) is 6.92 Å². The zero-order valence-electron chi connectivity index (χ0n) is 9.72. The van der Waals surface area contributed by atoms with E-state index < -0.39 is 10.1 Å². The number of hydrogen-bond donors (Lipinski definition) is 0. The monoisotopic (exact) mass is 278 g/mol. The van der Waals surface area contributed by atoms with Crippen LogP contribution in [0, 0.1) is 5.92 Å². The van der Waals surface area contributed by atoms with Crippen LogP contribution in [-0.2, 0) is 14.3 Å². The van der Waals surface area contributed by atoms with Crippen LogP contribution in [0.4, 0.5) is 0 Å². The molecule has 0 saturated heterocycles. The van der Waals surface area contributed by atoms with Gasteiger partial charge < -0.3 is 4.74 Å². The summed E-state index contributed by atoms with van der Waals surface area (Å²) in [6.07, 6.45) is 1.03. The minimum atomic E-state index is -3.38. The summed E-state index contributed by atoms with van der Waals surface area (Å²) in [5.41, 5.74) is 0. The molecule has 1 rings (SSSR count). The summed E-state index contributed by atoms with van der Waals surface area (Å²) in [6.45, 7) is 2.35. The quantitative estimate of drug-likeness (QED) is 0.750. The van der Waals surface area contributed by atoms with Crippen LogP contribution in [0.2, 0.25) is 5.02 Å². The molecule has 6 heteroatoms. The van der Waals surface area contributed by atoms with Gasteiger partial charge >= 0.3 is 0 Å². The number of benzene rings is 1. The molecule has 0 aliphatic carbocycles. The minimum absolute atomic E-state index is 0.0135. The van der Waals surface area contributed by atoms with Gasteiger partial charge in [-0.1, -0.05) is 18.5 Å². The Bertz CT molecular complexity index is 441. The van der Waals surface area contributed by atoms with Crippen molar-refractivity contribution in [3.8, 4) is 5.75 Å². The van der Waals surface area contributed by atoms with Gasteiger partial charge in [0, 0.05) is 10.9 Å². The van der Waals surface area contributed by atoms with Crippen molar-refractivity contribution < 1.29 is 17.3 Å². The third-order valence-electron chi connectivity index (χ3n) is 1.91. The molecular weight excluding hydrogens is 264 g/mol. The molecule has 96 valence electrons. The van der Waals surface area contributed by atoms with Crippen molar-refractivity contribution in [2.45, 2.75) is 6.92 Å². The molecular formula is C11H15ClO4S. The Labute approximate surface area is 107 Å². The largest absolute Gasteiger partial charge is 0.493 e. The van der Waals surface area contributed by atoms with E-state index in [2.05, 4.69) is 4.18 Å². The van der Waals surface area contributed by atoms with Crippen molar-refractivity contribution in [1.82, 2.24) is 0 Å². The molecule has 0 radical (unpaired) electrons. The van der Waals surface area contributed by atoms with Crippen LogP contribution >= 0.6 is 11.6 Å². The number of hydrogen-bond acceptors (Lipinski definition) is 4. The first kappa shape index (κ1) is 14.3. The Balaban J connectivity index is 2.33. The summed E-state index contributed by atoms with van der Waals surface area (Å²) < 4.78 is 31.7. The average molecular weight is 279 g/mol. The summed E-state index contributed by atoms with van der Waals surface area (Å²) in [5, 5.41) is 0.644. The van der Waals surface area contributed by atoms with Crippen molar-refractivity contribution >= 4 is 21.7 Å². The summed E-state index contributed by atoms with van der Waals surface area (Å²) in [4.78, 5) is 0. The van der Waals surface area contributed by atoms with Crippen molar-refractivity contribution in [3.63, 3.8) is 0 Å². The van der Waals surface area contributed by atoms with Crippen LogP contribution in [-0.4, -0.2) is 27.9 Å². The Kier molecular flexibility index (Phi) is 5.24. The first-order valence-electron chi connectivity index (χ1n) is 5.09. The summed E-state index contributed by atoms with van der Waals surface area (Å²) >= 11 is 5.73. The molecule has 0 fully saturated rings. The van der Waals surface area contributed by atoms with Gasteiger partial charge in [-0.05, 0) is 24.3 Å². The van der Waals surface area contributed by atoms with Gasteiger partial charge in [0.2, 0.25) is 0 Å². The molecule has 0 amide bonds. The molecule has 0 aliphatic rings. The lowest BCUT2D eigenvalue weighted by Crippen LogP contribution is -2.17. The van der Waals surface area contributed by atoms with E-state index >= 15 is 0 Å². The maximum Gasteiger partial charge on any atom is 0.264 e. The topological polar surface area (TPSA) is 52.6 Å². The van der Waals surface area contributed by atoms with Gasteiger partial charge in [-0.15, -0.1) is 0 Å². The second-order valence-electron chi connectivity index (χ2n) is 3.86. The molecule has 0 bridgehead atoms. The zero-order valence-corrected chi connectivity index (χ0v) is 11.3. The number of rotatable bonds is 6. The highest BCUT2D eigenvalue weighted by atomic mass is 35.5. The Morgan fingerprint density at radius 2 is 1.82 bits per heavy atom. The lowest BCUT2D eigenvalue weighted by molar-refractivity contribution is 0.193. The van der Waals surface area contributed by atoms with Gasteiger partial charge in [-0.2, -0.15) is 8.42 Å². The fourth-order valence-electron chi connectivity index (χ4n) is 1.06. The van der Waals surface area contributed by atoms with E-state index in [-0.39, 0.29) is 12.5 Å². The normalized spacial score (nSPS) is 13.4. The molecule has 0 heterocycles. The highest BCUT2D eigenvalue weighted by Gasteiger charge is 2.08. The van der Waals surface area contributed by atoms with Crippen molar-refractivity contribution in [1.29, 1.82) is 0 Å². The van der Waals surface area contributed by atoms with E-state index in [4.69, 9.17) is 16.3 Å². The highest BCUT2D eigenvalue weighted by Crippen LogP contribution is 2.16. The summed E-state index contributed by atoms with van der Waals surface area (Å²) in [7, 11) is -3.38. The maximum atomic E-state index is 10.8. The molecule has 17 heavy (non-hydrogen) atoms. The molecule has 0 spiro atoms. The van der Waals surface area contributed by atoms with Gasteiger partial charge in [0.25, 0.3) is 10.1 Å². The summed E-state index contributed by atoms with van der Waals surface area (Å²) in [6, 6.07) is 6.97. The molecule has 1 atom stereocenters. The summed E-state index contributed by atoms with van der Waals surface area (Å²) in [5.74, 6) is 0.681. The van der Waals surface area contributed by atoms with Crippen LogP contribution in [0.3, 0.4) is 0 Å². The van der Waals surface area contributed by atoms with Gasteiger partial charge in [0.1, 0.15) is 5.75 Å². The van der Waals surface area contributed by atoms with E-state index in [1.165, 1.54) is 0 Å². The van der Waals surface area contributed by atoms with Crippen LogP contribution in [0.1, 0.15) is 6.92 Å². The van der Waals surface area contributed by atoms with E-state index in [9.17, 15) is 8.42 Å². The van der Waals surface area contributed by atoms with Crippen LogP contribution in [0.15, 0.2) is 24.3 Å². The average Bonchev–Trinajstić information content (AvgIpc) is 2.25. The molecule has 0 aliphatic heterocycles. The van der Waals surface area contributed by atoms with Gasteiger partial charge in [0.15, 0.2) is 0 Å². The fraction of sp³-hybridized carbons (Fsp3) is 0.455. The molecule has 4 nitrogen and oxygen atoms in total. The maximum absolute atomic E-state index is 10.8. The zero-order chi connectivity index (χ0) is 12.9. The smallest absolute Gasteiger partial charge is 0.264 e. The van der Waals surface area contributed by atoms with E-state index in [0.717, 1.165) is 6.26 Å². The predicted octanol–water partition coefficient (Wildman–Crippen LogP) is 2.33. The number of ether oxygens (including phenoxy) is 1.